The van der Waals surface area contributed by atoms with Gasteiger partial charge in [-0.1, -0.05) is 30.3 Å². The molecule has 2 aliphatic heterocycles. The van der Waals surface area contributed by atoms with Gasteiger partial charge in [-0.05, 0) is 119 Å². The molecule has 0 unspecified atom stereocenters. The molecule has 0 spiro atoms. The average Bonchev–Trinajstić information content (AvgIpc) is 3.66. The summed E-state index contributed by atoms with van der Waals surface area (Å²) in [7, 11) is 0. The Hall–Kier alpha value is -4.86. The summed E-state index contributed by atoms with van der Waals surface area (Å²) in [4.78, 5) is 48.0. The molecule has 10 nitrogen and oxygen atoms in total. The fourth-order valence-electron chi connectivity index (χ4n) is 6.67. The molecule has 6 rings (SSSR count). The number of aromatic nitrogens is 2. The minimum Gasteiger partial charge on any atom is -0.445 e. The Labute approximate surface area is 287 Å². The van der Waals surface area contributed by atoms with Crippen LogP contribution in [0.2, 0.25) is 0 Å². The van der Waals surface area contributed by atoms with Gasteiger partial charge in [0, 0.05) is 43.0 Å². The number of pyridine rings is 1. The molecule has 0 saturated carbocycles. The lowest BCUT2D eigenvalue weighted by molar-refractivity contribution is 0.0223. The largest absolute Gasteiger partial charge is 0.445 e. The Kier molecular flexibility index (Phi) is 9.17. The topological polar surface area (TPSA) is 103 Å². The predicted molar refractivity (Wildman–Crippen MR) is 187 cm³/mol. The van der Waals surface area contributed by atoms with Gasteiger partial charge in [-0.25, -0.2) is 23.9 Å². The number of carbonyl (C=O) groups is 3. The van der Waals surface area contributed by atoms with Gasteiger partial charge in [0.2, 0.25) is 0 Å². The van der Waals surface area contributed by atoms with E-state index >= 15 is 0 Å². The fourth-order valence-corrected chi connectivity index (χ4v) is 6.67. The van der Waals surface area contributed by atoms with Gasteiger partial charge in [-0.3, -0.25) is 0 Å². The monoisotopic (exact) mass is 666 g/mol. The first-order valence-corrected chi connectivity index (χ1v) is 17.0. The van der Waals surface area contributed by atoms with E-state index in [1.165, 1.54) is 4.57 Å². The second-order valence-electron chi connectivity index (χ2n) is 15.0. The van der Waals surface area contributed by atoms with E-state index in [0.717, 1.165) is 57.2 Å². The van der Waals surface area contributed by atoms with Crippen LogP contribution in [0.15, 0.2) is 60.9 Å². The highest BCUT2D eigenvalue weighted by molar-refractivity contribution is 5.92. The van der Waals surface area contributed by atoms with Gasteiger partial charge in [-0.15, -0.1) is 0 Å². The highest BCUT2D eigenvalue weighted by Crippen LogP contribution is 2.40. The fraction of sp³-hybridized carbons (Fsp3) is 0.436. The van der Waals surface area contributed by atoms with Crippen LogP contribution in [-0.2, 0) is 33.8 Å². The van der Waals surface area contributed by atoms with Crippen molar-refractivity contribution in [1.82, 2.24) is 19.4 Å². The molecule has 10 heteroatoms. The second-order valence-corrected chi connectivity index (χ2v) is 15.0. The Morgan fingerprint density at radius 3 is 2.31 bits per heavy atom. The van der Waals surface area contributed by atoms with E-state index < -0.39 is 17.3 Å². The number of hydrogen-bond donors (Lipinski definition) is 0. The van der Waals surface area contributed by atoms with E-state index in [-0.39, 0.29) is 24.8 Å². The third-order valence-corrected chi connectivity index (χ3v) is 8.84. The molecule has 2 aromatic heterocycles. The molecule has 1 fully saturated rings. The van der Waals surface area contributed by atoms with Crippen molar-refractivity contribution in [3.63, 3.8) is 0 Å². The molecular weight excluding hydrogens is 620 g/mol. The number of nitrogens with zero attached hydrogens (tertiary/aromatic N) is 4. The van der Waals surface area contributed by atoms with Crippen molar-refractivity contribution < 1.29 is 28.6 Å². The van der Waals surface area contributed by atoms with E-state index in [0.29, 0.717) is 31.7 Å². The number of fused-ring (bicyclic) bond motifs is 2. The van der Waals surface area contributed by atoms with Gasteiger partial charge in [0.15, 0.2) is 0 Å². The standard InChI is InChI=1S/C39H46N4O6/c1-25-22-43(37(46)49-39(5,6)7)34-31(25)20-28(21-40-34)27-18-29-23-41(35(44)47-24-26-12-9-8-10-13-26)17-15-30(29)32(19-27)33-14-11-16-42(33)36(45)48-38(2,3)4/h8-10,12-13,18-22,33H,11,14-17,23-24H2,1-7H3/t33-/m0/s1. The summed E-state index contributed by atoms with van der Waals surface area (Å²) in [6.07, 6.45) is 4.67. The Morgan fingerprint density at radius 1 is 0.878 bits per heavy atom. The van der Waals surface area contributed by atoms with Crippen LogP contribution in [0.25, 0.3) is 22.2 Å². The maximum Gasteiger partial charge on any atom is 0.420 e. The van der Waals surface area contributed by atoms with Crippen LogP contribution in [0.3, 0.4) is 0 Å². The third-order valence-electron chi connectivity index (χ3n) is 8.84. The summed E-state index contributed by atoms with van der Waals surface area (Å²) in [5.74, 6) is 0. The normalized spacial score (nSPS) is 16.4. The van der Waals surface area contributed by atoms with Crippen LogP contribution < -0.4 is 0 Å². The summed E-state index contributed by atoms with van der Waals surface area (Å²) in [5.41, 5.74) is 6.11. The molecule has 4 aromatic rings. The van der Waals surface area contributed by atoms with Crippen molar-refractivity contribution in [2.45, 2.75) is 98.1 Å². The van der Waals surface area contributed by atoms with Crippen molar-refractivity contribution in [1.29, 1.82) is 0 Å². The Balaban J connectivity index is 1.37. The summed E-state index contributed by atoms with van der Waals surface area (Å²) >= 11 is 0. The van der Waals surface area contributed by atoms with Crippen LogP contribution in [0.5, 0.6) is 0 Å². The van der Waals surface area contributed by atoms with E-state index in [1.54, 1.807) is 17.3 Å². The lowest BCUT2D eigenvalue weighted by Gasteiger charge is -2.34. The zero-order valence-corrected chi connectivity index (χ0v) is 29.5. The molecule has 2 aromatic carbocycles. The van der Waals surface area contributed by atoms with Crippen LogP contribution in [0.1, 0.15) is 88.2 Å². The molecule has 4 heterocycles. The average molecular weight is 667 g/mol. The van der Waals surface area contributed by atoms with Crippen LogP contribution >= 0.6 is 0 Å². The van der Waals surface area contributed by atoms with Crippen LogP contribution in [-0.4, -0.2) is 61.9 Å². The quantitative estimate of drug-likeness (QED) is 0.201. The molecule has 0 bridgehead atoms. The van der Waals surface area contributed by atoms with E-state index in [2.05, 4.69) is 12.1 Å². The molecule has 49 heavy (non-hydrogen) atoms. The van der Waals surface area contributed by atoms with Crippen molar-refractivity contribution in [3.8, 4) is 11.1 Å². The zero-order valence-electron chi connectivity index (χ0n) is 29.5. The van der Waals surface area contributed by atoms with E-state index in [9.17, 15) is 14.4 Å². The molecule has 0 N–H and O–H groups in total. The first-order chi connectivity index (χ1) is 23.2. The predicted octanol–water partition coefficient (Wildman–Crippen LogP) is 8.56. The summed E-state index contributed by atoms with van der Waals surface area (Å²) in [6, 6.07) is 15.8. The molecule has 258 valence electrons. The maximum atomic E-state index is 13.4. The van der Waals surface area contributed by atoms with Crippen molar-refractivity contribution in [2.75, 3.05) is 13.1 Å². The molecule has 0 radical (unpaired) electrons. The smallest absolute Gasteiger partial charge is 0.420 e. The van der Waals surface area contributed by atoms with Gasteiger partial charge < -0.3 is 24.0 Å². The number of amides is 2. The van der Waals surface area contributed by atoms with Crippen molar-refractivity contribution in [2.24, 2.45) is 0 Å². The first kappa shape index (κ1) is 34.0. The number of benzene rings is 2. The Bertz CT molecular complexity index is 1890. The van der Waals surface area contributed by atoms with Gasteiger partial charge in [0.1, 0.15) is 23.5 Å². The molecular formula is C39H46N4O6. The molecule has 0 aliphatic carbocycles. The Morgan fingerprint density at radius 2 is 1.59 bits per heavy atom. The van der Waals surface area contributed by atoms with Crippen LogP contribution in [0.4, 0.5) is 14.4 Å². The lowest BCUT2D eigenvalue weighted by atomic mass is 9.86. The zero-order chi connectivity index (χ0) is 35.1. The number of rotatable bonds is 4. The van der Waals surface area contributed by atoms with Gasteiger partial charge in [-0.2, -0.15) is 0 Å². The van der Waals surface area contributed by atoms with Crippen molar-refractivity contribution >= 4 is 29.3 Å². The SMILES string of the molecule is Cc1cn(C(=O)OC(C)(C)C)c2ncc(-c3cc4c(c([C@@H]5CCCN5C(=O)OC(C)(C)C)c3)CCN(C(=O)OCc3ccccc3)C4)cc12. The number of likely N-dealkylation sites (tertiary alicyclic amines) is 1. The third kappa shape index (κ3) is 7.58. The molecule has 1 atom stereocenters. The van der Waals surface area contributed by atoms with Crippen molar-refractivity contribution in [3.05, 3.63) is 88.7 Å². The van der Waals surface area contributed by atoms with E-state index in [1.807, 2.05) is 89.8 Å². The van der Waals surface area contributed by atoms with Gasteiger partial charge >= 0.3 is 18.3 Å². The minimum atomic E-state index is -0.643. The van der Waals surface area contributed by atoms with Gasteiger partial charge in [0.25, 0.3) is 0 Å². The molecule has 2 aliphatic rings. The van der Waals surface area contributed by atoms with Crippen LogP contribution in [0, 0.1) is 6.92 Å². The summed E-state index contributed by atoms with van der Waals surface area (Å²) in [6.45, 7) is 14.8. The highest BCUT2D eigenvalue weighted by atomic mass is 16.6. The number of carbonyl (C=O) groups excluding carboxylic acids is 3. The van der Waals surface area contributed by atoms with Gasteiger partial charge in [0.05, 0.1) is 6.04 Å². The lowest BCUT2D eigenvalue weighted by Crippen LogP contribution is -2.39. The molecule has 1 saturated heterocycles. The highest BCUT2D eigenvalue weighted by Gasteiger charge is 2.36. The van der Waals surface area contributed by atoms with E-state index in [4.69, 9.17) is 19.2 Å². The number of aryl methyl sites for hydroxylation is 1. The minimum absolute atomic E-state index is 0.160. The summed E-state index contributed by atoms with van der Waals surface area (Å²) in [5, 5.41) is 0.838. The molecule has 2 amide bonds. The number of hydrogen-bond acceptors (Lipinski definition) is 7. The maximum absolute atomic E-state index is 13.4. The first-order valence-electron chi connectivity index (χ1n) is 17.0. The summed E-state index contributed by atoms with van der Waals surface area (Å²) < 4.78 is 18.6. The second kappa shape index (κ2) is 13.2. The number of ether oxygens (including phenoxy) is 3.